The summed E-state index contributed by atoms with van der Waals surface area (Å²) >= 11 is 1.88. The highest BCUT2D eigenvalue weighted by Crippen LogP contribution is 2.46. The zero-order valence-electron chi connectivity index (χ0n) is 9.22. The van der Waals surface area contributed by atoms with Crippen molar-refractivity contribution in [3.05, 3.63) is 35.4 Å². The molecule has 88 valence electrons. The second-order valence-corrected chi connectivity index (χ2v) is 5.51. The molecule has 4 heteroatoms. The first-order valence-electron chi connectivity index (χ1n) is 5.35. The van der Waals surface area contributed by atoms with Crippen LogP contribution in [-0.4, -0.2) is 17.5 Å². The van der Waals surface area contributed by atoms with Gasteiger partial charge in [0.25, 0.3) is 0 Å². The molecule has 0 amide bonds. The van der Waals surface area contributed by atoms with Gasteiger partial charge >= 0.3 is 0 Å². The van der Waals surface area contributed by atoms with E-state index in [-0.39, 0.29) is 0 Å². The maximum absolute atomic E-state index is 12.9. The van der Waals surface area contributed by atoms with Crippen molar-refractivity contribution in [2.24, 2.45) is 0 Å². The van der Waals surface area contributed by atoms with E-state index in [1.54, 1.807) is 6.07 Å². The molecular formula is C12H15F2NS. The van der Waals surface area contributed by atoms with E-state index in [0.717, 1.165) is 12.1 Å². The summed E-state index contributed by atoms with van der Waals surface area (Å²) in [5, 5.41) is 3.29. The minimum Gasteiger partial charge on any atom is -0.311 e. The van der Waals surface area contributed by atoms with E-state index in [2.05, 4.69) is 11.6 Å². The van der Waals surface area contributed by atoms with E-state index in [0.29, 0.717) is 11.3 Å². The molecule has 0 aromatic heterocycles. The van der Waals surface area contributed by atoms with Crippen molar-refractivity contribution >= 4 is 11.8 Å². The maximum atomic E-state index is 12.9. The fourth-order valence-corrected chi connectivity index (χ4v) is 2.43. The third-order valence-electron chi connectivity index (χ3n) is 3.00. The average molecular weight is 243 g/mol. The number of hydrogen-bond donors (Lipinski definition) is 1. The van der Waals surface area contributed by atoms with Crippen molar-refractivity contribution in [3.8, 4) is 0 Å². The van der Waals surface area contributed by atoms with Gasteiger partial charge in [-0.2, -0.15) is 11.8 Å². The largest absolute Gasteiger partial charge is 0.311 e. The van der Waals surface area contributed by atoms with E-state index >= 15 is 0 Å². The molecule has 1 saturated carbocycles. The smallest absolute Gasteiger partial charge is 0.159 e. The van der Waals surface area contributed by atoms with Gasteiger partial charge in [0.2, 0.25) is 0 Å². The van der Waals surface area contributed by atoms with Crippen LogP contribution in [0.15, 0.2) is 18.2 Å². The summed E-state index contributed by atoms with van der Waals surface area (Å²) in [6, 6.07) is 4.04. The van der Waals surface area contributed by atoms with Gasteiger partial charge in [0.15, 0.2) is 11.6 Å². The van der Waals surface area contributed by atoms with E-state index in [4.69, 9.17) is 0 Å². The van der Waals surface area contributed by atoms with Crippen LogP contribution in [0.1, 0.15) is 18.4 Å². The van der Waals surface area contributed by atoms with Gasteiger partial charge in [-0.15, -0.1) is 0 Å². The molecule has 1 aromatic rings. The predicted molar refractivity (Wildman–Crippen MR) is 63.5 cm³/mol. The van der Waals surface area contributed by atoms with E-state index < -0.39 is 11.6 Å². The first-order chi connectivity index (χ1) is 7.65. The van der Waals surface area contributed by atoms with Gasteiger partial charge in [-0.1, -0.05) is 6.07 Å². The topological polar surface area (TPSA) is 12.0 Å². The van der Waals surface area contributed by atoms with Gasteiger partial charge in [-0.05, 0) is 36.8 Å². The van der Waals surface area contributed by atoms with E-state index in [9.17, 15) is 8.78 Å². The zero-order chi connectivity index (χ0) is 11.6. The molecule has 0 heterocycles. The molecule has 1 aliphatic carbocycles. The van der Waals surface area contributed by atoms with Gasteiger partial charge in [0, 0.05) is 17.8 Å². The fraction of sp³-hybridized carbons (Fsp3) is 0.500. The molecule has 0 aliphatic heterocycles. The van der Waals surface area contributed by atoms with Crippen molar-refractivity contribution in [2.45, 2.75) is 24.1 Å². The van der Waals surface area contributed by atoms with Crippen molar-refractivity contribution in [3.63, 3.8) is 0 Å². The van der Waals surface area contributed by atoms with Crippen LogP contribution >= 0.6 is 11.8 Å². The van der Waals surface area contributed by atoms with E-state index in [1.807, 2.05) is 11.8 Å². The second-order valence-electron chi connectivity index (χ2n) is 4.24. The Labute approximate surface area is 98.6 Å². The normalized spacial score (nSPS) is 17.4. The summed E-state index contributed by atoms with van der Waals surface area (Å²) < 4.78 is 26.0. The standard InChI is InChI=1S/C12H15F2NS/c1-16-12(4-5-12)8-15-7-9-2-3-10(13)11(14)6-9/h2-3,6,15H,4-5,7-8H2,1H3. The minimum atomic E-state index is -0.786. The maximum Gasteiger partial charge on any atom is 0.159 e. The number of hydrogen-bond acceptors (Lipinski definition) is 2. The predicted octanol–water partition coefficient (Wildman–Crippen LogP) is 2.95. The lowest BCUT2D eigenvalue weighted by Gasteiger charge is -2.13. The number of thioether (sulfide) groups is 1. The lowest BCUT2D eigenvalue weighted by molar-refractivity contribution is 0.506. The summed E-state index contributed by atoms with van der Waals surface area (Å²) in [5.41, 5.74) is 0.788. The highest BCUT2D eigenvalue weighted by Gasteiger charge is 2.41. The van der Waals surface area contributed by atoms with Gasteiger partial charge < -0.3 is 5.32 Å². The van der Waals surface area contributed by atoms with Crippen LogP contribution in [0.4, 0.5) is 8.78 Å². The molecular weight excluding hydrogens is 228 g/mol. The summed E-state index contributed by atoms with van der Waals surface area (Å²) in [4.78, 5) is 0. The Bertz CT molecular complexity index is 377. The molecule has 0 spiro atoms. The Morgan fingerprint density at radius 3 is 2.62 bits per heavy atom. The van der Waals surface area contributed by atoms with Gasteiger partial charge in [-0.3, -0.25) is 0 Å². The minimum absolute atomic E-state index is 0.401. The number of halogens is 2. The third-order valence-corrected chi connectivity index (χ3v) is 4.42. The van der Waals surface area contributed by atoms with Crippen LogP contribution in [0.2, 0.25) is 0 Å². The molecule has 1 N–H and O–H groups in total. The third kappa shape index (κ3) is 2.74. The molecule has 0 atom stereocenters. The van der Waals surface area contributed by atoms with E-state index in [1.165, 1.54) is 25.0 Å². The molecule has 16 heavy (non-hydrogen) atoms. The van der Waals surface area contributed by atoms with Crippen LogP contribution in [0, 0.1) is 11.6 Å². The van der Waals surface area contributed by atoms with Gasteiger partial charge in [0.05, 0.1) is 0 Å². The lowest BCUT2D eigenvalue weighted by Crippen LogP contribution is -2.25. The Morgan fingerprint density at radius 2 is 2.06 bits per heavy atom. The van der Waals surface area contributed by atoms with Crippen molar-refractivity contribution < 1.29 is 8.78 Å². The molecule has 0 unspecified atom stereocenters. The number of benzene rings is 1. The van der Waals surface area contributed by atoms with Crippen molar-refractivity contribution in [1.82, 2.24) is 5.32 Å². The van der Waals surface area contributed by atoms with Crippen molar-refractivity contribution in [1.29, 1.82) is 0 Å². The summed E-state index contributed by atoms with van der Waals surface area (Å²) in [6.45, 7) is 1.53. The van der Waals surface area contributed by atoms with Crippen molar-refractivity contribution in [2.75, 3.05) is 12.8 Å². The average Bonchev–Trinajstić information content (AvgIpc) is 3.04. The summed E-state index contributed by atoms with van der Waals surface area (Å²) in [6.07, 6.45) is 4.62. The molecule has 2 rings (SSSR count). The SMILES string of the molecule is CSC1(CNCc2ccc(F)c(F)c2)CC1. The van der Waals surface area contributed by atoms with Crippen LogP contribution in [0.3, 0.4) is 0 Å². The van der Waals surface area contributed by atoms with Crippen LogP contribution in [-0.2, 0) is 6.54 Å². The van der Waals surface area contributed by atoms with Gasteiger partial charge in [-0.25, -0.2) is 8.78 Å². The Hall–Kier alpha value is -0.610. The Kier molecular flexibility index (Phi) is 3.50. The quantitative estimate of drug-likeness (QED) is 0.853. The molecule has 0 radical (unpaired) electrons. The first kappa shape index (κ1) is 11.9. The van der Waals surface area contributed by atoms with Crippen LogP contribution < -0.4 is 5.32 Å². The molecule has 1 fully saturated rings. The Morgan fingerprint density at radius 1 is 1.31 bits per heavy atom. The molecule has 1 aromatic carbocycles. The monoisotopic (exact) mass is 243 g/mol. The summed E-state index contributed by atoms with van der Waals surface area (Å²) in [7, 11) is 0. The zero-order valence-corrected chi connectivity index (χ0v) is 10.0. The van der Waals surface area contributed by atoms with Gasteiger partial charge in [0.1, 0.15) is 0 Å². The number of nitrogens with one attached hydrogen (secondary N) is 1. The van der Waals surface area contributed by atoms with Crippen LogP contribution in [0.5, 0.6) is 0 Å². The summed E-state index contributed by atoms with van der Waals surface area (Å²) in [5.74, 6) is -1.56. The Balaban J connectivity index is 1.83. The lowest BCUT2D eigenvalue weighted by atomic mass is 10.2. The molecule has 1 nitrogen and oxygen atoms in total. The molecule has 1 aliphatic rings. The van der Waals surface area contributed by atoms with Crippen LogP contribution in [0.25, 0.3) is 0 Å². The second kappa shape index (κ2) is 4.72. The first-order valence-corrected chi connectivity index (χ1v) is 6.57. The molecule has 0 bridgehead atoms. The molecule has 0 saturated heterocycles. The highest BCUT2D eigenvalue weighted by atomic mass is 32.2. The number of rotatable bonds is 5. The highest BCUT2D eigenvalue weighted by molar-refractivity contribution is 8.00. The fourth-order valence-electron chi connectivity index (χ4n) is 1.68.